The molecule has 0 aromatic heterocycles. The van der Waals surface area contributed by atoms with Gasteiger partial charge in [-0.15, -0.1) is 0 Å². The molecule has 0 aliphatic heterocycles. The van der Waals surface area contributed by atoms with Crippen LogP contribution in [0.15, 0.2) is 0 Å². The average Bonchev–Trinajstić information content (AvgIpc) is 1.78. The standard InChI is InChI=1S/C11H27NOSi/c1-10(8-12-5)9-14(6,7)13-11(2,3)4/h10,12H,8-9H2,1-7H3. The molecule has 0 heterocycles. The molecule has 1 unspecified atom stereocenters. The fourth-order valence-corrected chi connectivity index (χ4v) is 5.69. The van der Waals surface area contributed by atoms with Crippen LogP contribution in [0, 0.1) is 5.92 Å². The van der Waals surface area contributed by atoms with Gasteiger partial charge >= 0.3 is 0 Å². The fourth-order valence-electron chi connectivity index (χ4n) is 2.13. The van der Waals surface area contributed by atoms with Crippen molar-refractivity contribution in [3.05, 3.63) is 0 Å². The van der Waals surface area contributed by atoms with Gasteiger partial charge in [-0.3, -0.25) is 0 Å². The Morgan fingerprint density at radius 3 is 2.14 bits per heavy atom. The first-order chi connectivity index (χ1) is 6.16. The van der Waals surface area contributed by atoms with Gasteiger partial charge in [-0.2, -0.15) is 0 Å². The highest BCUT2D eigenvalue weighted by Crippen LogP contribution is 2.23. The van der Waals surface area contributed by atoms with Crippen molar-refractivity contribution in [1.82, 2.24) is 5.32 Å². The van der Waals surface area contributed by atoms with E-state index >= 15 is 0 Å². The molecule has 0 aromatic rings. The van der Waals surface area contributed by atoms with E-state index in [2.05, 4.69) is 46.1 Å². The van der Waals surface area contributed by atoms with Crippen LogP contribution in [0.1, 0.15) is 27.7 Å². The van der Waals surface area contributed by atoms with Crippen LogP contribution in [-0.4, -0.2) is 27.5 Å². The first-order valence-electron chi connectivity index (χ1n) is 5.51. The molecule has 3 heteroatoms. The molecule has 0 aliphatic rings. The maximum Gasteiger partial charge on any atom is 0.187 e. The largest absolute Gasteiger partial charge is 0.413 e. The summed E-state index contributed by atoms with van der Waals surface area (Å²) in [6, 6.07) is 1.23. The summed E-state index contributed by atoms with van der Waals surface area (Å²) in [4.78, 5) is 0. The van der Waals surface area contributed by atoms with E-state index in [1.54, 1.807) is 0 Å². The smallest absolute Gasteiger partial charge is 0.187 e. The van der Waals surface area contributed by atoms with Gasteiger partial charge in [0.05, 0.1) is 0 Å². The predicted molar refractivity (Wildman–Crippen MR) is 66.2 cm³/mol. The highest BCUT2D eigenvalue weighted by Gasteiger charge is 2.29. The van der Waals surface area contributed by atoms with Gasteiger partial charge in [0.15, 0.2) is 8.32 Å². The molecule has 14 heavy (non-hydrogen) atoms. The summed E-state index contributed by atoms with van der Waals surface area (Å²) in [7, 11) is 0.531. The van der Waals surface area contributed by atoms with Crippen molar-refractivity contribution >= 4 is 8.32 Å². The van der Waals surface area contributed by atoms with Gasteiger partial charge in [-0.05, 0) is 59.4 Å². The molecule has 0 radical (unpaired) electrons. The van der Waals surface area contributed by atoms with Crippen molar-refractivity contribution < 1.29 is 4.43 Å². The second-order valence-corrected chi connectivity index (χ2v) is 9.97. The summed E-state index contributed by atoms with van der Waals surface area (Å²) in [5.41, 5.74) is 0.00901. The Balaban J connectivity index is 4.06. The third-order valence-electron chi connectivity index (χ3n) is 1.98. The molecule has 0 spiro atoms. The number of nitrogens with one attached hydrogen (secondary N) is 1. The first kappa shape index (κ1) is 14.1. The van der Waals surface area contributed by atoms with Crippen LogP contribution < -0.4 is 5.32 Å². The number of hydrogen-bond donors (Lipinski definition) is 1. The molecule has 0 fully saturated rings. The van der Waals surface area contributed by atoms with Crippen molar-refractivity contribution in [2.75, 3.05) is 13.6 Å². The summed E-state index contributed by atoms with van der Waals surface area (Å²) < 4.78 is 6.15. The minimum absolute atomic E-state index is 0.00901. The Kier molecular flexibility index (Phi) is 5.34. The van der Waals surface area contributed by atoms with Crippen LogP contribution in [0.2, 0.25) is 19.1 Å². The number of rotatable bonds is 5. The van der Waals surface area contributed by atoms with Gasteiger partial charge in [0, 0.05) is 5.60 Å². The highest BCUT2D eigenvalue weighted by atomic mass is 28.4. The molecule has 0 amide bonds. The van der Waals surface area contributed by atoms with Crippen LogP contribution in [0.3, 0.4) is 0 Å². The fraction of sp³-hybridized carbons (Fsp3) is 1.00. The third-order valence-corrected chi connectivity index (χ3v) is 4.82. The van der Waals surface area contributed by atoms with E-state index in [9.17, 15) is 0 Å². The van der Waals surface area contributed by atoms with E-state index in [-0.39, 0.29) is 5.60 Å². The lowest BCUT2D eigenvalue weighted by Crippen LogP contribution is -2.41. The quantitative estimate of drug-likeness (QED) is 0.715. The van der Waals surface area contributed by atoms with E-state index in [1.165, 1.54) is 6.04 Å². The van der Waals surface area contributed by atoms with Crippen molar-refractivity contribution in [1.29, 1.82) is 0 Å². The van der Waals surface area contributed by atoms with Gasteiger partial charge in [0.25, 0.3) is 0 Å². The summed E-state index contributed by atoms with van der Waals surface area (Å²) in [5.74, 6) is 0.712. The molecule has 0 aromatic carbocycles. The molecular formula is C11H27NOSi. The minimum Gasteiger partial charge on any atom is -0.413 e. The zero-order valence-electron chi connectivity index (χ0n) is 10.9. The Morgan fingerprint density at radius 2 is 1.79 bits per heavy atom. The molecule has 0 saturated heterocycles. The summed E-state index contributed by atoms with van der Waals surface area (Å²) in [6.07, 6.45) is 0. The van der Waals surface area contributed by atoms with Crippen LogP contribution >= 0.6 is 0 Å². The average molecular weight is 217 g/mol. The molecule has 2 nitrogen and oxygen atoms in total. The summed E-state index contributed by atoms with van der Waals surface area (Å²) in [5, 5.41) is 3.22. The van der Waals surface area contributed by atoms with E-state index in [4.69, 9.17) is 4.43 Å². The summed E-state index contributed by atoms with van der Waals surface area (Å²) >= 11 is 0. The molecule has 0 saturated carbocycles. The monoisotopic (exact) mass is 217 g/mol. The maximum absolute atomic E-state index is 6.15. The van der Waals surface area contributed by atoms with Gasteiger partial charge in [0.2, 0.25) is 0 Å². The Bertz CT molecular complexity index is 163. The van der Waals surface area contributed by atoms with Crippen LogP contribution in [0.25, 0.3) is 0 Å². The topological polar surface area (TPSA) is 21.3 Å². The Hall–Kier alpha value is 0.137. The molecule has 0 aliphatic carbocycles. The zero-order chi connectivity index (χ0) is 11.4. The SMILES string of the molecule is CNCC(C)C[Si](C)(C)OC(C)(C)C. The van der Waals surface area contributed by atoms with Crippen molar-refractivity contribution in [2.24, 2.45) is 5.92 Å². The molecule has 1 atom stereocenters. The van der Waals surface area contributed by atoms with Crippen LogP contribution in [-0.2, 0) is 4.43 Å². The molecule has 1 N–H and O–H groups in total. The Morgan fingerprint density at radius 1 is 1.29 bits per heavy atom. The lowest BCUT2D eigenvalue weighted by molar-refractivity contribution is 0.118. The van der Waals surface area contributed by atoms with E-state index < -0.39 is 8.32 Å². The van der Waals surface area contributed by atoms with Crippen molar-refractivity contribution in [3.8, 4) is 0 Å². The zero-order valence-corrected chi connectivity index (χ0v) is 11.9. The van der Waals surface area contributed by atoms with Gasteiger partial charge in [-0.1, -0.05) is 6.92 Å². The van der Waals surface area contributed by atoms with Crippen LogP contribution in [0.5, 0.6) is 0 Å². The van der Waals surface area contributed by atoms with E-state index in [0.717, 1.165) is 6.54 Å². The third kappa shape index (κ3) is 7.53. The lowest BCUT2D eigenvalue weighted by Gasteiger charge is -2.34. The van der Waals surface area contributed by atoms with E-state index in [1.807, 2.05) is 7.05 Å². The predicted octanol–water partition coefficient (Wildman–Crippen LogP) is 2.86. The highest BCUT2D eigenvalue weighted by molar-refractivity contribution is 6.71. The first-order valence-corrected chi connectivity index (χ1v) is 8.62. The van der Waals surface area contributed by atoms with Crippen molar-refractivity contribution in [3.63, 3.8) is 0 Å². The number of hydrogen-bond acceptors (Lipinski definition) is 2. The second-order valence-electron chi connectivity index (χ2n) is 5.84. The lowest BCUT2D eigenvalue weighted by atomic mass is 10.2. The second kappa shape index (κ2) is 5.28. The van der Waals surface area contributed by atoms with Gasteiger partial charge < -0.3 is 9.74 Å². The minimum atomic E-state index is -1.48. The van der Waals surface area contributed by atoms with Crippen molar-refractivity contribution in [2.45, 2.75) is 52.4 Å². The maximum atomic E-state index is 6.15. The molecule has 0 bridgehead atoms. The normalized spacial score (nSPS) is 15.6. The molecular weight excluding hydrogens is 190 g/mol. The van der Waals surface area contributed by atoms with Gasteiger partial charge in [0.1, 0.15) is 0 Å². The Labute approximate surface area is 90.6 Å². The van der Waals surface area contributed by atoms with Crippen LogP contribution in [0.4, 0.5) is 0 Å². The van der Waals surface area contributed by atoms with E-state index in [0.29, 0.717) is 5.92 Å². The molecule has 0 rings (SSSR count). The summed E-state index contributed by atoms with van der Waals surface area (Å²) in [6.45, 7) is 14.4. The molecule has 86 valence electrons. The van der Waals surface area contributed by atoms with Gasteiger partial charge in [-0.25, -0.2) is 0 Å².